The van der Waals surface area contributed by atoms with E-state index in [1.165, 1.54) is 0 Å². The Morgan fingerprint density at radius 3 is 2.50 bits per heavy atom. The van der Waals surface area contributed by atoms with Crippen molar-refractivity contribution in [3.8, 4) is 0 Å². The molecule has 1 saturated heterocycles. The lowest BCUT2D eigenvalue weighted by molar-refractivity contribution is -0.132. The summed E-state index contributed by atoms with van der Waals surface area (Å²) < 4.78 is 5.31. The number of nitrogens with two attached hydrogens (primary N) is 1. The van der Waals surface area contributed by atoms with Crippen molar-refractivity contribution in [3.05, 3.63) is 0 Å². The molecule has 3 unspecified atom stereocenters. The molecular formula is C14H25N3O3. The summed E-state index contributed by atoms with van der Waals surface area (Å²) in [6.07, 6.45) is 3.05. The van der Waals surface area contributed by atoms with Crippen LogP contribution in [0, 0.1) is 17.3 Å². The summed E-state index contributed by atoms with van der Waals surface area (Å²) >= 11 is 0. The van der Waals surface area contributed by atoms with Crippen LogP contribution in [0.3, 0.4) is 0 Å². The molecule has 0 aromatic rings. The predicted molar refractivity (Wildman–Crippen MR) is 75.4 cm³/mol. The third-order valence-electron chi connectivity index (χ3n) is 5.16. The Labute approximate surface area is 119 Å². The number of carbonyl (C=O) groups is 1. The van der Waals surface area contributed by atoms with E-state index in [1.54, 1.807) is 0 Å². The Bertz CT molecular complexity index is 391. The highest BCUT2D eigenvalue weighted by molar-refractivity contribution is 6.07. The highest BCUT2D eigenvalue weighted by Crippen LogP contribution is 2.35. The normalized spacial score (nSPS) is 33.9. The minimum atomic E-state index is -0.918. The van der Waals surface area contributed by atoms with Gasteiger partial charge < -0.3 is 21.0 Å². The molecule has 6 nitrogen and oxygen atoms in total. The fourth-order valence-electron chi connectivity index (χ4n) is 3.29. The van der Waals surface area contributed by atoms with Crippen molar-refractivity contribution in [2.75, 3.05) is 13.2 Å². The van der Waals surface area contributed by atoms with Gasteiger partial charge in [-0.05, 0) is 37.5 Å². The van der Waals surface area contributed by atoms with E-state index in [1.807, 2.05) is 0 Å². The van der Waals surface area contributed by atoms with Gasteiger partial charge in [0.1, 0.15) is 5.41 Å². The van der Waals surface area contributed by atoms with Crippen LogP contribution in [0.1, 0.15) is 39.5 Å². The van der Waals surface area contributed by atoms with E-state index in [0.29, 0.717) is 37.9 Å². The average molecular weight is 283 g/mol. The number of ether oxygens (including phenoxy) is 1. The Balaban J connectivity index is 2.11. The molecule has 1 aliphatic heterocycles. The summed E-state index contributed by atoms with van der Waals surface area (Å²) in [6.45, 7) is 5.30. The number of amidine groups is 1. The highest BCUT2D eigenvalue weighted by Gasteiger charge is 2.46. The van der Waals surface area contributed by atoms with E-state index in [-0.39, 0.29) is 17.8 Å². The van der Waals surface area contributed by atoms with Crippen LogP contribution in [0.2, 0.25) is 0 Å². The third kappa shape index (κ3) is 2.61. The molecule has 1 aliphatic carbocycles. The van der Waals surface area contributed by atoms with Gasteiger partial charge >= 0.3 is 0 Å². The molecule has 114 valence electrons. The van der Waals surface area contributed by atoms with Crippen LogP contribution < -0.4 is 11.1 Å². The van der Waals surface area contributed by atoms with Crippen molar-refractivity contribution in [1.82, 2.24) is 5.32 Å². The number of nitrogens with one attached hydrogen (secondary N) is 1. The van der Waals surface area contributed by atoms with Crippen molar-refractivity contribution in [3.63, 3.8) is 0 Å². The zero-order chi connectivity index (χ0) is 14.8. The summed E-state index contributed by atoms with van der Waals surface area (Å²) in [5, 5.41) is 15.2. The SMILES string of the molecule is CC1CCC(NC(=O)C2(C(N)=NO)CCOCC2)C1C. The van der Waals surface area contributed by atoms with E-state index in [0.717, 1.165) is 12.8 Å². The van der Waals surface area contributed by atoms with E-state index < -0.39 is 5.41 Å². The number of oxime groups is 1. The fourth-order valence-corrected chi connectivity index (χ4v) is 3.29. The number of rotatable bonds is 3. The maximum Gasteiger partial charge on any atom is 0.234 e. The number of carbonyl (C=O) groups excluding carboxylic acids is 1. The minimum Gasteiger partial charge on any atom is -0.409 e. The Kier molecular flexibility index (Phi) is 4.52. The summed E-state index contributed by atoms with van der Waals surface area (Å²) in [5.41, 5.74) is 4.89. The van der Waals surface area contributed by atoms with Crippen LogP contribution in [0.25, 0.3) is 0 Å². The largest absolute Gasteiger partial charge is 0.409 e. The van der Waals surface area contributed by atoms with E-state index in [4.69, 9.17) is 15.7 Å². The van der Waals surface area contributed by atoms with Gasteiger partial charge in [0.15, 0.2) is 5.84 Å². The molecule has 0 radical (unpaired) electrons. The quantitative estimate of drug-likeness (QED) is 0.312. The van der Waals surface area contributed by atoms with Crippen LogP contribution in [-0.4, -0.2) is 36.2 Å². The van der Waals surface area contributed by atoms with E-state index in [9.17, 15) is 4.79 Å². The molecule has 20 heavy (non-hydrogen) atoms. The van der Waals surface area contributed by atoms with Crippen LogP contribution in [0.4, 0.5) is 0 Å². The standard InChI is InChI=1S/C14H25N3O3/c1-9-3-4-11(10(9)2)16-13(18)14(12(15)17-19)5-7-20-8-6-14/h9-11,19H,3-8H2,1-2H3,(H2,15,17)(H,16,18). The molecule has 2 aliphatic rings. The molecule has 6 heteroatoms. The summed E-state index contributed by atoms with van der Waals surface area (Å²) in [4.78, 5) is 12.7. The molecule has 2 rings (SSSR count). The molecular weight excluding hydrogens is 258 g/mol. The number of hydrogen-bond acceptors (Lipinski definition) is 4. The first-order chi connectivity index (χ1) is 9.51. The lowest BCUT2D eigenvalue weighted by atomic mass is 9.77. The zero-order valence-electron chi connectivity index (χ0n) is 12.3. The topological polar surface area (TPSA) is 96.9 Å². The van der Waals surface area contributed by atoms with Crippen LogP contribution in [0.5, 0.6) is 0 Å². The molecule has 1 heterocycles. The maximum absolute atomic E-state index is 12.7. The van der Waals surface area contributed by atoms with Crippen molar-refractivity contribution < 1.29 is 14.7 Å². The first-order valence-corrected chi connectivity index (χ1v) is 7.38. The second-order valence-electron chi connectivity index (χ2n) is 6.17. The van der Waals surface area contributed by atoms with Crippen LogP contribution >= 0.6 is 0 Å². The molecule has 1 amide bonds. The van der Waals surface area contributed by atoms with Crippen molar-refractivity contribution in [2.24, 2.45) is 28.1 Å². The van der Waals surface area contributed by atoms with Gasteiger partial charge in [-0.25, -0.2) is 0 Å². The number of amides is 1. The van der Waals surface area contributed by atoms with Gasteiger partial charge in [-0.2, -0.15) is 0 Å². The molecule has 3 atom stereocenters. The van der Waals surface area contributed by atoms with Gasteiger partial charge in [-0.1, -0.05) is 19.0 Å². The van der Waals surface area contributed by atoms with Gasteiger partial charge in [0, 0.05) is 19.3 Å². The smallest absolute Gasteiger partial charge is 0.234 e. The molecule has 2 fully saturated rings. The van der Waals surface area contributed by atoms with Crippen molar-refractivity contribution >= 4 is 11.7 Å². The van der Waals surface area contributed by atoms with Crippen molar-refractivity contribution in [1.29, 1.82) is 0 Å². The summed E-state index contributed by atoms with van der Waals surface area (Å²) in [6, 6.07) is 0.184. The maximum atomic E-state index is 12.7. The lowest BCUT2D eigenvalue weighted by Gasteiger charge is -2.36. The first-order valence-electron chi connectivity index (χ1n) is 7.38. The number of hydrogen-bond donors (Lipinski definition) is 3. The Hall–Kier alpha value is -1.30. The third-order valence-corrected chi connectivity index (χ3v) is 5.16. The van der Waals surface area contributed by atoms with Gasteiger partial charge in [-0.15, -0.1) is 0 Å². The zero-order valence-corrected chi connectivity index (χ0v) is 12.3. The molecule has 4 N–H and O–H groups in total. The number of nitrogens with zero attached hydrogens (tertiary/aromatic N) is 1. The Morgan fingerprint density at radius 1 is 1.35 bits per heavy atom. The lowest BCUT2D eigenvalue weighted by Crippen LogP contribution is -2.55. The summed E-state index contributed by atoms with van der Waals surface area (Å²) in [7, 11) is 0. The second-order valence-corrected chi connectivity index (χ2v) is 6.17. The highest BCUT2D eigenvalue weighted by atomic mass is 16.5. The molecule has 0 aromatic carbocycles. The van der Waals surface area contributed by atoms with Gasteiger partial charge in [0.25, 0.3) is 0 Å². The molecule has 0 bridgehead atoms. The van der Waals surface area contributed by atoms with Gasteiger partial charge in [0.2, 0.25) is 5.91 Å². The van der Waals surface area contributed by atoms with E-state index in [2.05, 4.69) is 24.3 Å². The monoisotopic (exact) mass is 283 g/mol. The molecule has 1 saturated carbocycles. The fraction of sp³-hybridized carbons (Fsp3) is 0.857. The first kappa shape index (κ1) is 15.1. The predicted octanol–water partition coefficient (Wildman–Crippen LogP) is 1.08. The second kappa shape index (κ2) is 5.99. The van der Waals surface area contributed by atoms with Crippen LogP contribution in [0.15, 0.2) is 5.16 Å². The van der Waals surface area contributed by atoms with Crippen molar-refractivity contribution in [2.45, 2.75) is 45.6 Å². The molecule has 0 spiro atoms. The van der Waals surface area contributed by atoms with E-state index >= 15 is 0 Å². The van der Waals surface area contributed by atoms with Gasteiger partial charge in [0.05, 0.1) is 0 Å². The molecule has 0 aromatic heterocycles. The van der Waals surface area contributed by atoms with Crippen LogP contribution in [-0.2, 0) is 9.53 Å². The van der Waals surface area contributed by atoms with Gasteiger partial charge in [-0.3, -0.25) is 4.79 Å². The average Bonchev–Trinajstić information content (AvgIpc) is 2.79. The minimum absolute atomic E-state index is 0.00278. The Morgan fingerprint density at radius 2 is 2.00 bits per heavy atom. The summed E-state index contributed by atoms with van der Waals surface area (Å²) in [5.74, 6) is 0.956.